The molecule has 7 aromatic carbocycles. The average molecular weight is 471 g/mol. The minimum atomic E-state index is -0.0439. The number of benzene rings is 7. The lowest BCUT2D eigenvalue weighted by molar-refractivity contribution is 0.645. The number of hydrogen-bond donors (Lipinski definition) is 0. The molecule has 0 aromatic heterocycles. The Hall–Kier alpha value is -4.42. The second kappa shape index (κ2) is 7.31. The topological polar surface area (TPSA) is 0 Å². The van der Waals surface area contributed by atoms with Crippen molar-refractivity contribution < 1.29 is 0 Å². The van der Waals surface area contributed by atoms with Crippen LogP contribution in [0, 0.1) is 0 Å². The van der Waals surface area contributed by atoms with Crippen LogP contribution in [-0.4, -0.2) is 0 Å². The molecule has 0 spiro atoms. The summed E-state index contributed by atoms with van der Waals surface area (Å²) < 4.78 is 0. The Kier molecular flexibility index (Phi) is 4.10. The van der Waals surface area contributed by atoms with Gasteiger partial charge in [0.1, 0.15) is 0 Å². The summed E-state index contributed by atoms with van der Waals surface area (Å²) >= 11 is 0. The predicted molar refractivity (Wildman–Crippen MR) is 159 cm³/mol. The van der Waals surface area contributed by atoms with Crippen LogP contribution in [-0.2, 0) is 5.41 Å². The van der Waals surface area contributed by atoms with Gasteiger partial charge in [0.25, 0.3) is 0 Å². The third-order valence-corrected chi connectivity index (χ3v) is 8.62. The van der Waals surface area contributed by atoms with Crippen LogP contribution >= 0.6 is 0 Å². The Bertz CT molecular complexity index is 2050. The molecule has 8 rings (SSSR count). The minimum Gasteiger partial charge on any atom is -0.0616 e. The molecule has 0 nitrogen and oxygen atoms in total. The van der Waals surface area contributed by atoms with Crippen molar-refractivity contribution in [2.24, 2.45) is 0 Å². The van der Waals surface area contributed by atoms with Gasteiger partial charge in [-0.15, -0.1) is 0 Å². The Morgan fingerprint density at radius 3 is 2.00 bits per heavy atom. The third-order valence-electron chi connectivity index (χ3n) is 8.62. The van der Waals surface area contributed by atoms with E-state index in [1.54, 1.807) is 0 Å². The molecule has 0 heterocycles. The molecule has 0 unspecified atom stereocenters. The molecule has 0 heteroatoms. The fourth-order valence-corrected chi connectivity index (χ4v) is 6.74. The monoisotopic (exact) mass is 470 g/mol. The van der Waals surface area contributed by atoms with Gasteiger partial charge in [-0.3, -0.25) is 0 Å². The van der Waals surface area contributed by atoms with Gasteiger partial charge in [-0.25, -0.2) is 0 Å². The summed E-state index contributed by atoms with van der Waals surface area (Å²) in [6.07, 6.45) is 0. The second-order valence-corrected chi connectivity index (χ2v) is 11.0. The molecule has 0 saturated heterocycles. The highest BCUT2D eigenvalue weighted by Gasteiger charge is 2.33. The molecule has 174 valence electrons. The SMILES string of the molecule is CC1(C)c2ccc(-c3cccc4c3ccc3cc5ccccc5cc34)cc2-c2cccc3cccc1c23. The van der Waals surface area contributed by atoms with Crippen LogP contribution in [0.15, 0.2) is 121 Å². The lowest BCUT2D eigenvalue weighted by atomic mass is 9.68. The Morgan fingerprint density at radius 1 is 0.405 bits per heavy atom. The first-order chi connectivity index (χ1) is 18.1. The number of hydrogen-bond acceptors (Lipinski definition) is 0. The minimum absolute atomic E-state index is 0.0439. The van der Waals surface area contributed by atoms with Crippen LogP contribution in [0.4, 0.5) is 0 Å². The van der Waals surface area contributed by atoms with Crippen LogP contribution in [0.5, 0.6) is 0 Å². The molecule has 0 bridgehead atoms. The normalized spacial score (nSPS) is 13.9. The van der Waals surface area contributed by atoms with Gasteiger partial charge in [-0.2, -0.15) is 0 Å². The molecule has 37 heavy (non-hydrogen) atoms. The predicted octanol–water partition coefficient (Wildman–Crippen LogP) is 10.3. The maximum absolute atomic E-state index is 2.43. The lowest BCUT2D eigenvalue weighted by Crippen LogP contribution is -2.23. The zero-order valence-corrected chi connectivity index (χ0v) is 21.0. The average Bonchev–Trinajstić information content (AvgIpc) is 2.94. The van der Waals surface area contributed by atoms with Gasteiger partial charge in [0.15, 0.2) is 0 Å². The summed E-state index contributed by atoms with van der Waals surface area (Å²) in [7, 11) is 0. The van der Waals surface area contributed by atoms with Crippen LogP contribution in [0.2, 0.25) is 0 Å². The van der Waals surface area contributed by atoms with E-state index in [0.717, 1.165) is 0 Å². The molecule has 0 atom stereocenters. The number of fused-ring (bicyclic) bond motifs is 6. The van der Waals surface area contributed by atoms with Crippen molar-refractivity contribution in [1.82, 2.24) is 0 Å². The highest BCUT2D eigenvalue weighted by Crippen LogP contribution is 2.49. The van der Waals surface area contributed by atoms with Crippen molar-refractivity contribution in [2.75, 3.05) is 0 Å². The molecular weight excluding hydrogens is 444 g/mol. The molecule has 0 saturated carbocycles. The van der Waals surface area contributed by atoms with Crippen molar-refractivity contribution in [2.45, 2.75) is 19.3 Å². The Balaban J connectivity index is 1.40. The van der Waals surface area contributed by atoms with E-state index in [4.69, 9.17) is 0 Å². The molecule has 7 aromatic rings. The largest absolute Gasteiger partial charge is 0.0616 e. The summed E-state index contributed by atoms with van der Waals surface area (Å²) in [5, 5.41) is 10.5. The summed E-state index contributed by atoms with van der Waals surface area (Å²) in [5.74, 6) is 0. The smallest absolute Gasteiger partial charge is 0.0159 e. The van der Waals surface area contributed by atoms with E-state index in [1.165, 1.54) is 76.5 Å². The maximum atomic E-state index is 2.43. The first-order valence-electron chi connectivity index (χ1n) is 13.1. The fourth-order valence-electron chi connectivity index (χ4n) is 6.74. The molecule has 0 amide bonds. The molecule has 0 radical (unpaired) electrons. The van der Waals surface area contributed by atoms with E-state index in [2.05, 4.69) is 135 Å². The quantitative estimate of drug-likeness (QED) is 0.165. The summed E-state index contributed by atoms with van der Waals surface area (Å²) in [6.45, 7) is 4.73. The van der Waals surface area contributed by atoms with Gasteiger partial charge < -0.3 is 0 Å². The standard InChI is InChI=1S/C37H26/c1-37(2)34-19-17-27(22-33(34)31-14-5-10-23-11-6-15-35(37)36(23)31)28-12-7-13-29-30(28)18-16-26-20-24-8-3-4-9-25(24)21-32(26)29/h3-22H,1-2H3. The van der Waals surface area contributed by atoms with Crippen molar-refractivity contribution in [1.29, 1.82) is 0 Å². The fraction of sp³-hybridized carbons (Fsp3) is 0.0811. The first-order valence-corrected chi connectivity index (χ1v) is 13.1. The second-order valence-electron chi connectivity index (χ2n) is 11.0. The van der Waals surface area contributed by atoms with E-state index in [9.17, 15) is 0 Å². The van der Waals surface area contributed by atoms with E-state index < -0.39 is 0 Å². The van der Waals surface area contributed by atoms with Crippen molar-refractivity contribution in [3.8, 4) is 22.3 Å². The molecule has 1 aliphatic carbocycles. The van der Waals surface area contributed by atoms with E-state index >= 15 is 0 Å². The molecule has 0 aliphatic heterocycles. The maximum Gasteiger partial charge on any atom is 0.0159 e. The van der Waals surface area contributed by atoms with E-state index in [0.29, 0.717) is 0 Å². The van der Waals surface area contributed by atoms with E-state index in [-0.39, 0.29) is 5.41 Å². The van der Waals surface area contributed by atoms with Crippen LogP contribution < -0.4 is 0 Å². The van der Waals surface area contributed by atoms with Gasteiger partial charge in [0, 0.05) is 5.41 Å². The van der Waals surface area contributed by atoms with Crippen molar-refractivity contribution >= 4 is 43.1 Å². The van der Waals surface area contributed by atoms with Gasteiger partial charge in [0.05, 0.1) is 0 Å². The van der Waals surface area contributed by atoms with Gasteiger partial charge in [0.2, 0.25) is 0 Å². The Labute approximate surface area is 216 Å². The molecular formula is C37H26. The summed E-state index contributed by atoms with van der Waals surface area (Å²) in [4.78, 5) is 0. The molecule has 0 N–H and O–H groups in total. The number of rotatable bonds is 1. The highest BCUT2D eigenvalue weighted by molar-refractivity contribution is 6.15. The summed E-state index contributed by atoms with van der Waals surface area (Å²) in [5.41, 5.74) is 8.05. The van der Waals surface area contributed by atoms with E-state index in [1.807, 2.05) is 0 Å². The summed E-state index contributed by atoms with van der Waals surface area (Å²) in [6, 6.07) is 45.3. The third kappa shape index (κ3) is 2.84. The van der Waals surface area contributed by atoms with Crippen LogP contribution in [0.1, 0.15) is 25.0 Å². The Morgan fingerprint density at radius 2 is 1.14 bits per heavy atom. The van der Waals surface area contributed by atoms with Crippen LogP contribution in [0.3, 0.4) is 0 Å². The van der Waals surface area contributed by atoms with Gasteiger partial charge in [-0.1, -0.05) is 117 Å². The molecule has 0 fully saturated rings. The van der Waals surface area contributed by atoms with Crippen molar-refractivity contribution in [3.63, 3.8) is 0 Å². The zero-order chi connectivity index (χ0) is 24.7. The van der Waals surface area contributed by atoms with Crippen LogP contribution in [0.25, 0.3) is 65.3 Å². The highest BCUT2D eigenvalue weighted by atomic mass is 14.4. The van der Waals surface area contributed by atoms with Crippen molar-refractivity contribution in [3.05, 3.63) is 132 Å². The first kappa shape index (κ1) is 20.7. The van der Waals surface area contributed by atoms with Gasteiger partial charge in [-0.05, 0) is 94.7 Å². The zero-order valence-electron chi connectivity index (χ0n) is 21.0. The lowest BCUT2D eigenvalue weighted by Gasteiger charge is -2.35. The molecule has 1 aliphatic rings. The van der Waals surface area contributed by atoms with Gasteiger partial charge >= 0.3 is 0 Å².